The average Bonchev–Trinajstić information content (AvgIpc) is 2.67. The molecule has 0 aliphatic rings. The molecule has 156 valence electrons. The van der Waals surface area contributed by atoms with Crippen LogP contribution in [0.2, 0.25) is 5.02 Å². The maximum atomic E-state index is 12.5. The fraction of sp³-hybridized carbons (Fsp3) is 0.300. The van der Waals surface area contributed by atoms with E-state index in [0.717, 1.165) is 0 Å². The van der Waals surface area contributed by atoms with Crippen LogP contribution in [0.5, 0.6) is 0 Å². The zero-order valence-electron chi connectivity index (χ0n) is 16.2. The lowest BCUT2D eigenvalue weighted by Crippen LogP contribution is -2.40. The summed E-state index contributed by atoms with van der Waals surface area (Å²) in [6.07, 6.45) is -0.201. The van der Waals surface area contributed by atoms with Crippen LogP contribution in [0.15, 0.2) is 59.5 Å². The van der Waals surface area contributed by atoms with Crippen LogP contribution in [-0.4, -0.2) is 39.5 Å². The number of esters is 1. The molecule has 2 rings (SSSR count). The topological polar surface area (TPSA) is 92.8 Å². The molecule has 1 N–H and O–H groups in total. The fourth-order valence-electron chi connectivity index (χ4n) is 2.59. The van der Waals surface area contributed by atoms with Gasteiger partial charge in [0.25, 0.3) is 5.91 Å². The van der Waals surface area contributed by atoms with Crippen molar-refractivity contribution in [1.29, 1.82) is 0 Å². The largest absolute Gasteiger partial charge is 0.456 e. The van der Waals surface area contributed by atoms with Crippen LogP contribution in [0.25, 0.3) is 0 Å². The number of benzene rings is 2. The maximum Gasteiger partial charge on any atom is 0.307 e. The fourth-order valence-corrected chi connectivity index (χ4v) is 3.75. The first-order valence-corrected chi connectivity index (χ1v) is 10.8. The van der Waals surface area contributed by atoms with Crippen molar-refractivity contribution < 1.29 is 22.7 Å². The molecule has 0 saturated heterocycles. The van der Waals surface area contributed by atoms with Crippen molar-refractivity contribution in [2.24, 2.45) is 0 Å². The number of ether oxygens (including phenoxy) is 1. The predicted molar refractivity (Wildman–Crippen MR) is 111 cm³/mol. The summed E-state index contributed by atoms with van der Waals surface area (Å²) in [6.45, 7) is 3.15. The van der Waals surface area contributed by atoms with Gasteiger partial charge in [-0.05, 0) is 50.2 Å². The van der Waals surface area contributed by atoms with Gasteiger partial charge in [-0.3, -0.25) is 9.59 Å². The first-order valence-electron chi connectivity index (χ1n) is 8.98. The second kappa shape index (κ2) is 10.4. The van der Waals surface area contributed by atoms with E-state index in [0.29, 0.717) is 10.7 Å². The number of halogens is 1. The molecule has 0 saturated carbocycles. The Balaban J connectivity index is 1.83. The number of sulfonamides is 1. The minimum atomic E-state index is -3.76. The molecule has 2 aromatic rings. The highest BCUT2D eigenvalue weighted by Gasteiger charge is 2.20. The second-order valence-electron chi connectivity index (χ2n) is 6.46. The molecule has 0 unspecified atom stereocenters. The molecule has 7 nitrogen and oxygen atoms in total. The van der Waals surface area contributed by atoms with Gasteiger partial charge in [-0.2, -0.15) is 0 Å². The van der Waals surface area contributed by atoms with Gasteiger partial charge in [0.1, 0.15) is 0 Å². The summed E-state index contributed by atoms with van der Waals surface area (Å²) in [6, 6.07) is 14.6. The van der Waals surface area contributed by atoms with E-state index in [1.807, 2.05) is 32.0 Å². The van der Waals surface area contributed by atoms with Crippen LogP contribution in [0.4, 0.5) is 5.69 Å². The molecular formula is C20H23ClN2O5S. The number of carbonyl (C=O) groups is 2. The molecule has 0 heterocycles. The SMILES string of the molecule is CC(C)N(C(=O)COC(=O)CCNS(=O)(=O)c1ccc(Cl)cc1)c1ccccc1. The Morgan fingerprint density at radius 2 is 1.69 bits per heavy atom. The number of para-hydroxylation sites is 1. The number of anilines is 1. The second-order valence-corrected chi connectivity index (χ2v) is 8.66. The molecule has 0 aliphatic heterocycles. The number of rotatable bonds is 9. The normalized spacial score (nSPS) is 11.3. The summed E-state index contributed by atoms with van der Waals surface area (Å²) in [5.74, 6) is -1.03. The first-order chi connectivity index (χ1) is 13.7. The van der Waals surface area contributed by atoms with Crippen molar-refractivity contribution >= 4 is 39.2 Å². The number of hydrogen-bond acceptors (Lipinski definition) is 5. The summed E-state index contributed by atoms with van der Waals surface area (Å²) in [7, 11) is -3.76. The summed E-state index contributed by atoms with van der Waals surface area (Å²) in [5.41, 5.74) is 0.708. The van der Waals surface area contributed by atoms with Gasteiger partial charge in [0.05, 0.1) is 11.3 Å². The van der Waals surface area contributed by atoms with Crippen LogP contribution in [0.3, 0.4) is 0 Å². The summed E-state index contributed by atoms with van der Waals surface area (Å²) in [4.78, 5) is 25.9. The molecule has 1 amide bonds. The van der Waals surface area contributed by atoms with Gasteiger partial charge in [0.2, 0.25) is 10.0 Å². The van der Waals surface area contributed by atoms with Crippen LogP contribution in [0, 0.1) is 0 Å². The quantitative estimate of drug-likeness (QED) is 0.607. The van der Waals surface area contributed by atoms with E-state index in [2.05, 4.69) is 4.72 Å². The van der Waals surface area contributed by atoms with E-state index >= 15 is 0 Å². The number of amides is 1. The predicted octanol–water partition coefficient (Wildman–Crippen LogP) is 2.99. The van der Waals surface area contributed by atoms with Crippen molar-refractivity contribution in [3.63, 3.8) is 0 Å². The van der Waals surface area contributed by atoms with E-state index in [1.165, 1.54) is 29.2 Å². The molecule has 0 spiro atoms. The van der Waals surface area contributed by atoms with Crippen LogP contribution < -0.4 is 9.62 Å². The third-order valence-electron chi connectivity index (χ3n) is 3.92. The molecule has 0 atom stereocenters. The Hall–Kier alpha value is -2.42. The summed E-state index contributed by atoms with van der Waals surface area (Å²) < 4.78 is 31.6. The minimum absolute atomic E-state index is 0.0425. The highest BCUT2D eigenvalue weighted by Crippen LogP contribution is 2.17. The molecule has 0 radical (unpaired) electrons. The van der Waals surface area contributed by atoms with Crippen LogP contribution in [-0.2, 0) is 24.3 Å². The van der Waals surface area contributed by atoms with Gasteiger partial charge in [0.15, 0.2) is 6.61 Å². The van der Waals surface area contributed by atoms with E-state index in [9.17, 15) is 18.0 Å². The van der Waals surface area contributed by atoms with E-state index in [-0.39, 0.29) is 29.8 Å². The molecule has 9 heteroatoms. The van der Waals surface area contributed by atoms with Gasteiger partial charge >= 0.3 is 5.97 Å². The van der Waals surface area contributed by atoms with E-state index in [1.54, 1.807) is 12.1 Å². The summed E-state index contributed by atoms with van der Waals surface area (Å²) >= 11 is 5.74. The third kappa shape index (κ3) is 6.85. The Morgan fingerprint density at radius 3 is 2.28 bits per heavy atom. The van der Waals surface area contributed by atoms with Crippen molar-refractivity contribution in [2.45, 2.75) is 31.2 Å². The molecule has 2 aromatic carbocycles. The van der Waals surface area contributed by atoms with Crippen molar-refractivity contribution in [3.05, 3.63) is 59.6 Å². The van der Waals surface area contributed by atoms with E-state index in [4.69, 9.17) is 16.3 Å². The lowest BCUT2D eigenvalue weighted by molar-refractivity contribution is -0.147. The number of nitrogens with one attached hydrogen (secondary N) is 1. The van der Waals surface area contributed by atoms with Gasteiger partial charge in [-0.1, -0.05) is 29.8 Å². The Morgan fingerprint density at radius 1 is 1.07 bits per heavy atom. The van der Waals surface area contributed by atoms with Gasteiger partial charge < -0.3 is 9.64 Å². The van der Waals surface area contributed by atoms with Crippen LogP contribution in [0.1, 0.15) is 20.3 Å². The lowest BCUT2D eigenvalue weighted by atomic mass is 10.2. The number of carbonyl (C=O) groups excluding carboxylic acids is 2. The highest BCUT2D eigenvalue weighted by atomic mass is 35.5. The lowest BCUT2D eigenvalue weighted by Gasteiger charge is -2.26. The number of hydrogen-bond donors (Lipinski definition) is 1. The van der Waals surface area contributed by atoms with E-state index < -0.39 is 22.6 Å². The van der Waals surface area contributed by atoms with Gasteiger partial charge in [-0.25, -0.2) is 13.1 Å². The monoisotopic (exact) mass is 438 g/mol. The number of nitrogens with zero attached hydrogens (tertiary/aromatic N) is 1. The molecule has 29 heavy (non-hydrogen) atoms. The first kappa shape index (κ1) is 22.9. The van der Waals surface area contributed by atoms with Gasteiger partial charge in [0, 0.05) is 23.3 Å². The Labute approximate surface area is 175 Å². The standard InChI is InChI=1S/C20H23ClN2O5S/c1-15(2)23(17-6-4-3-5-7-17)19(24)14-28-20(25)12-13-22-29(26,27)18-10-8-16(21)9-11-18/h3-11,15,22H,12-14H2,1-2H3. The average molecular weight is 439 g/mol. The smallest absolute Gasteiger partial charge is 0.307 e. The zero-order chi connectivity index (χ0) is 21.4. The Bertz CT molecular complexity index is 931. The molecule has 0 fully saturated rings. The summed E-state index contributed by atoms with van der Waals surface area (Å²) in [5, 5.41) is 0.420. The molecule has 0 aromatic heterocycles. The minimum Gasteiger partial charge on any atom is -0.456 e. The molecular weight excluding hydrogens is 416 g/mol. The van der Waals surface area contributed by atoms with Crippen molar-refractivity contribution in [2.75, 3.05) is 18.1 Å². The zero-order valence-corrected chi connectivity index (χ0v) is 17.7. The molecule has 0 bridgehead atoms. The van der Waals surface area contributed by atoms with Crippen molar-refractivity contribution in [1.82, 2.24) is 4.72 Å². The Kier molecular flexibility index (Phi) is 8.19. The van der Waals surface area contributed by atoms with Crippen LogP contribution >= 0.6 is 11.6 Å². The third-order valence-corrected chi connectivity index (χ3v) is 5.65. The maximum absolute atomic E-state index is 12.5. The van der Waals surface area contributed by atoms with Gasteiger partial charge in [-0.15, -0.1) is 0 Å². The van der Waals surface area contributed by atoms with Crippen molar-refractivity contribution in [3.8, 4) is 0 Å². The molecule has 0 aliphatic carbocycles. The highest BCUT2D eigenvalue weighted by molar-refractivity contribution is 7.89.